The summed E-state index contributed by atoms with van der Waals surface area (Å²) in [5.74, 6) is -1.02. The van der Waals surface area contributed by atoms with E-state index in [0.29, 0.717) is 12.2 Å². The smallest absolute Gasteiger partial charge is 0.198 e. The van der Waals surface area contributed by atoms with Gasteiger partial charge in [-0.15, -0.1) is 0 Å². The fraction of sp³-hybridized carbons (Fsp3) is 0.481. The fourth-order valence-electron chi connectivity index (χ4n) is 5.78. The average Bonchev–Trinajstić information content (AvgIpc) is 2.87. The van der Waals surface area contributed by atoms with Gasteiger partial charge in [0, 0.05) is 42.0 Å². The van der Waals surface area contributed by atoms with Crippen LogP contribution in [-0.2, 0) is 15.9 Å². The number of nitrogens with one attached hydrogen (secondary N) is 1. The lowest BCUT2D eigenvalue weighted by Crippen LogP contribution is -2.52. The Labute approximate surface area is 214 Å². The van der Waals surface area contributed by atoms with Crippen LogP contribution in [0.15, 0.2) is 18.2 Å². The number of benzene rings is 2. The maximum Gasteiger partial charge on any atom is 0.198 e. The average molecular weight is 513 g/mol. The quantitative estimate of drug-likeness (QED) is 0.286. The van der Waals surface area contributed by atoms with E-state index in [1.165, 1.54) is 7.11 Å². The first-order chi connectivity index (χ1) is 17.5. The lowest BCUT2D eigenvalue weighted by atomic mass is 9.72. The van der Waals surface area contributed by atoms with Gasteiger partial charge in [-0.2, -0.15) is 0 Å². The summed E-state index contributed by atoms with van der Waals surface area (Å²) in [5, 5.41) is 53.3. The van der Waals surface area contributed by atoms with E-state index in [-0.39, 0.29) is 64.1 Å². The molecule has 1 unspecified atom stereocenters. The molecule has 7 N–H and O–H groups in total. The van der Waals surface area contributed by atoms with Crippen molar-refractivity contribution >= 4 is 11.5 Å². The molecule has 2 aromatic rings. The molecule has 10 nitrogen and oxygen atoms in total. The third kappa shape index (κ3) is 3.91. The van der Waals surface area contributed by atoms with Gasteiger partial charge in [-0.1, -0.05) is 19.1 Å². The molecule has 0 saturated carbocycles. The standard InChI is InChI=1S/C27H32N2O8/c1-4-27(34)9-13-19(16(10-27)37-17-8-14(28)23(30)11(2)36-17)26(33)20-21(25(13)32)24(31)12-6-5-7-15(35-3)18(12)22(20)29/h5-7,11,14,16-17,23,29-30,32-34H,4,8-10,28H2,1-3H3/t11-,14-,16?,17-,23+,27-/m0/s1. The van der Waals surface area contributed by atoms with Crippen molar-refractivity contribution in [2.24, 2.45) is 5.73 Å². The van der Waals surface area contributed by atoms with Gasteiger partial charge in [-0.05, 0) is 19.4 Å². The van der Waals surface area contributed by atoms with Gasteiger partial charge in [-0.25, -0.2) is 0 Å². The molecule has 1 saturated heterocycles. The van der Waals surface area contributed by atoms with Crippen LogP contribution >= 0.6 is 0 Å². The molecule has 1 fully saturated rings. The number of hydrogen-bond donors (Lipinski definition) is 6. The van der Waals surface area contributed by atoms with E-state index in [1.54, 1.807) is 32.0 Å². The summed E-state index contributed by atoms with van der Waals surface area (Å²) in [4.78, 5) is 13.5. The number of methoxy groups -OCH3 is 1. The second-order valence-electron chi connectivity index (χ2n) is 10.2. The van der Waals surface area contributed by atoms with E-state index in [1.807, 2.05) is 0 Å². The minimum atomic E-state index is -1.29. The van der Waals surface area contributed by atoms with Crippen molar-refractivity contribution < 1.29 is 39.4 Å². The van der Waals surface area contributed by atoms with Crippen molar-refractivity contribution in [3.8, 4) is 17.2 Å². The van der Waals surface area contributed by atoms with Crippen LogP contribution in [0.25, 0.3) is 0 Å². The SMILES string of the molecule is CC[C@]1(O)Cc2c(O)c3c(c(O)c2C(O[C@H]2C[C@H](N)[C@H](O)[C@H](C)O2)C1)C(=N)c1c(OC)cccc1C3=O. The number of ketones is 1. The topological polar surface area (TPSA) is 176 Å². The van der Waals surface area contributed by atoms with Crippen LogP contribution in [0, 0.1) is 5.41 Å². The first-order valence-corrected chi connectivity index (χ1v) is 12.4. The number of rotatable bonds is 4. The molecule has 0 spiro atoms. The predicted molar refractivity (Wildman–Crippen MR) is 132 cm³/mol. The number of hydrogen-bond acceptors (Lipinski definition) is 10. The van der Waals surface area contributed by atoms with Gasteiger partial charge in [0.15, 0.2) is 12.1 Å². The van der Waals surface area contributed by atoms with Gasteiger partial charge >= 0.3 is 0 Å². The van der Waals surface area contributed by atoms with Gasteiger partial charge in [0.1, 0.15) is 17.2 Å². The number of carbonyl (C=O) groups excluding carboxylic acids is 1. The van der Waals surface area contributed by atoms with Gasteiger partial charge in [0.25, 0.3) is 0 Å². The van der Waals surface area contributed by atoms with Gasteiger partial charge in [0.05, 0.1) is 53.4 Å². The van der Waals surface area contributed by atoms with E-state index in [4.69, 9.17) is 25.4 Å². The third-order valence-electron chi connectivity index (χ3n) is 7.93. The normalized spacial score (nSPS) is 30.9. The summed E-state index contributed by atoms with van der Waals surface area (Å²) in [7, 11) is 1.43. The highest BCUT2D eigenvalue weighted by Gasteiger charge is 2.46. The zero-order valence-electron chi connectivity index (χ0n) is 20.9. The number of ether oxygens (including phenoxy) is 3. The van der Waals surface area contributed by atoms with Crippen LogP contribution in [0.3, 0.4) is 0 Å². The molecule has 0 bridgehead atoms. The summed E-state index contributed by atoms with van der Waals surface area (Å²) in [6.07, 6.45) is -2.67. The minimum absolute atomic E-state index is 0.0168. The Bertz CT molecular complexity index is 1280. The third-order valence-corrected chi connectivity index (χ3v) is 7.93. The van der Waals surface area contributed by atoms with E-state index in [2.05, 4.69) is 0 Å². The number of aliphatic hydroxyl groups is 2. The maximum absolute atomic E-state index is 13.5. The summed E-state index contributed by atoms with van der Waals surface area (Å²) in [6.45, 7) is 3.47. The highest BCUT2D eigenvalue weighted by Crippen LogP contribution is 2.52. The van der Waals surface area contributed by atoms with Crippen molar-refractivity contribution in [2.45, 2.75) is 75.8 Å². The van der Waals surface area contributed by atoms with Gasteiger partial charge in [-0.3, -0.25) is 10.2 Å². The first kappa shape index (κ1) is 25.6. The number of phenolic OH excluding ortho intramolecular Hbond substituents is 2. The van der Waals surface area contributed by atoms with Crippen molar-refractivity contribution in [3.63, 3.8) is 0 Å². The summed E-state index contributed by atoms with van der Waals surface area (Å²) < 4.78 is 17.4. The molecule has 1 heterocycles. The number of carbonyl (C=O) groups is 1. The largest absolute Gasteiger partial charge is 0.507 e. The lowest BCUT2D eigenvalue weighted by Gasteiger charge is -2.42. The monoisotopic (exact) mass is 512 g/mol. The second kappa shape index (κ2) is 9.07. The number of fused-ring (bicyclic) bond motifs is 3. The molecule has 1 aliphatic heterocycles. The number of aliphatic hydroxyl groups excluding tert-OH is 1. The Hall–Kier alpha value is -3.02. The zero-order chi connectivity index (χ0) is 26.8. The Morgan fingerprint density at radius 1 is 1.22 bits per heavy atom. The minimum Gasteiger partial charge on any atom is -0.507 e. The van der Waals surface area contributed by atoms with Crippen LogP contribution in [-0.4, -0.2) is 69.2 Å². The first-order valence-electron chi connectivity index (χ1n) is 12.4. The molecular formula is C27H32N2O8. The maximum atomic E-state index is 13.5. The van der Waals surface area contributed by atoms with E-state index >= 15 is 0 Å². The van der Waals surface area contributed by atoms with Crippen molar-refractivity contribution in [3.05, 3.63) is 51.6 Å². The molecule has 0 aromatic heterocycles. The molecular weight excluding hydrogens is 480 g/mol. The molecule has 6 atom stereocenters. The fourth-order valence-corrected chi connectivity index (χ4v) is 5.78. The van der Waals surface area contributed by atoms with Crippen molar-refractivity contribution in [1.29, 1.82) is 5.41 Å². The van der Waals surface area contributed by atoms with Crippen LogP contribution in [0.5, 0.6) is 17.2 Å². The Kier molecular flexibility index (Phi) is 6.28. The second-order valence-corrected chi connectivity index (χ2v) is 10.2. The molecule has 3 aliphatic rings. The van der Waals surface area contributed by atoms with E-state index in [0.717, 1.165) is 0 Å². The van der Waals surface area contributed by atoms with E-state index < -0.39 is 47.8 Å². The molecule has 5 rings (SSSR count). The molecule has 198 valence electrons. The molecule has 2 aliphatic carbocycles. The van der Waals surface area contributed by atoms with Crippen molar-refractivity contribution in [2.75, 3.05) is 7.11 Å². The summed E-state index contributed by atoms with van der Waals surface area (Å²) >= 11 is 0. The predicted octanol–water partition coefficient (Wildman–Crippen LogP) is 2.04. The summed E-state index contributed by atoms with van der Waals surface area (Å²) in [5.41, 5.74) is 5.10. The van der Waals surface area contributed by atoms with Gasteiger partial charge < -0.3 is 40.4 Å². The van der Waals surface area contributed by atoms with Crippen LogP contribution in [0.1, 0.15) is 77.4 Å². The molecule has 0 amide bonds. The number of phenols is 2. The number of nitrogens with two attached hydrogens (primary N) is 1. The van der Waals surface area contributed by atoms with Gasteiger partial charge in [0.2, 0.25) is 0 Å². The number of aromatic hydroxyl groups is 2. The zero-order valence-corrected chi connectivity index (χ0v) is 20.9. The lowest BCUT2D eigenvalue weighted by molar-refractivity contribution is -0.247. The molecule has 37 heavy (non-hydrogen) atoms. The molecule has 0 radical (unpaired) electrons. The van der Waals surface area contributed by atoms with Crippen molar-refractivity contribution in [1.82, 2.24) is 0 Å². The highest BCUT2D eigenvalue weighted by molar-refractivity contribution is 6.32. The Morgan fingerprint density at radius 2 is 1.95 bits per heavy atom. The Morgan fingerprint density at radius 3 is 2.59 bits per heavy atom. The highest BCUT2D eigenvalue weighted by atomic mass is 16.7. The molecule has 10 heteroatoms. The van der Waals surface area contributed by atoms with E-state index in [9.17, 15) is 25.2 Å². The molecule has 2 aromatic carbocycles. The van der Waals surface area contributed by atoms with Crippen LogP contribution < -0.4 is 10.5 Å². The Balaban J connectivity index is 1.66. The van der Waals surface area contributed by atoms with Crippen LogP contribution in [0.2, 0.25) is 0 Å². The summed E-state index contributed by atoms with van der Waals surface area (Å²) in [6, 6.07) is 4.19. The van der Waals surface area contributed by atoms with Crippen LogP contribution in [0.4, 0.5) is 0 Å².